The first-order valence-corrected chi connectivity index (χ1v) is 6.64. The van der Waals surface area contributed by atoms with Crippen LogP contribution < -0.4 is 16.0 Å². The second-order valence-electron chi connectivity index (χ2n) is 3.81. The third-order valence-electron chi connectivity index (χ3n) is 2.61. The van der Waals surface area contributed by atoms with Crippen molar-refractivity contribution in [2.75, 3.05) is 20.3 Å². The maximum Gasteiger partial charge on any atom is 0.124 e. The minimum atomic E-state index is -0.238. The lowest BCUT2D eigenvalue weighted by Crippen LogP contribution is -2.29. The zero-order chi connectivity index (χ0) is 13.5. The van der Waals surface area contributed by atoms with Crippen molar-refractivity contribution in [2.24, 2.45) is 5.84 Å². The van der Waals surface area contributed by atoms with Gasteiger partial charge in [0, 0.05) is 18.1 Å². The molecule has 6 nitrogen and oxygen atoms in total. The molecule has 7 heteroatoms. The van der Waals surface area contributed by atoms with Gasteiger partial charge in [-0.05, 0) is 17.6 Å². The van der Waals surface area contributed by atoms with Crippen LogP contribution in [-0.2, 0) is 4.74 Å². The van der Waals surface area contributed by atoms with Crippen molar-refractivity contribution >= 4 is 11.5 Å². The molecule has 1 atom stereocenters. The number of methoxy groups -OCH3 is 1. The van der Waals surface area contributed by atoms with Crippen LogP contribution in [0.3, 0.4) is 0 Å². The van der Waals surface area contributed by atoms with Crippen LogP contribution >= 0.6 is 11.5 Å². The molecular weight excluding hydrogens is 264 g/mol. The number of nitrogens with one attached hydrogen (secondary N) is 1. The van der Waals surface area contributed by atoms with Crippen LogP contribution in [-0.4, -0.2) is 29.9 Å². The fraction of sp³-hybridized carbons (Fsp3) is 0.333. The standard InChI is InChI=1S/C12H16N4O2S/c1-17-6-7-18-11-5-3-2-4-9(11)12(14-13)10-8-19-16-15-10/h2-5,8,12,14H,6-7,13H2,1H3. The van der Waals surface area contributed by atoms with Crippen molar-refractivity contribution in [2.45, 2.75) is 6.04 Å². The first kappa shape index (κ1) is 13.9. The summed E-state index contributed by atoms with van der Waals surface area (Å²) >= 11 is 1.29. The summed E-state index contributed by atoms with van der Waals surface area (Å²) in [7, 11) is 1.64. The molecule has 0 bridgehead atoms. The number of ether oxygens (including phenoxy) is 2. The van der Waals surface area contributed by atoms with Gasteiger partial charge in [0.15, 0.2) is 0 Å². The van der Waals surface area contributed by atoms with Crippen LogP contribution in [0.1, 0.15) is 17.3 Å². The largest absolute Gasteiger partial charge is 0.491 e. The SMILES string of the molecule is COCCOc1ccccc1C(NN)c1csnn1. The fourth-order valence-electron chi connectivity index (χ4n) is 1.72. The van der Waals surface area contributed by atoms with E-state index in [4.69, 9.17) is 15.3 Å². The molecule has 0 aliphatic carbocycles. The van der Waals surface area contributed by atoms with Crippen LogP contribution in [0, 0.1) is 0 Å². The van der Waals surface area contributed by atoms with E-state index in [9.17, 15) is 0 Å². The smallest absolute Gasteiger partial charge is 0.124 e. The Labute approximate surface area is 115 Å². The van der Waals surface area contributed by atoms with E-state index in [0.29, 0.717) is 13.2 Å². The lowest BCUT2D eigenvalue weighted by molar-refractivity contribution is 0.145. The number of benzene rings is 1. The van der Waals surface area contributed by atoms with E-state index < -0.39 is 0 Å². The summed E-state index contributed by atoms with van der Waals surface area (Å²) in [5.74, 6) is 6.39. The third kappa shape index (κ3) is 3.48. The molecule has 1 aromatic carbocycles. The fourth-order valence-corrected chi connectivity index (χ4v) is 2.20. The highest BCUT2D eigenvalue weighted by atomic mass is 32.1. The zero-order valence-electron chi connectivity index (χ0n) is 10.6. The molecule has 0 saturated heterocycles. The Bertz CT molecular complexity index is 492. The molecule has 1 unspecified atom stereocenters. The minimum Gasteiger partial charge on any atom is -0.491 e. The van der Waals surface area contributed by atoms with E-state index >= 15 is 0 Å². The van der Waals surface area contributed by atoms with Crippen LogP contribution in [0.2, 0.25) is 0 Å². The number of hydrazine groups is 1. The first-order valence-electron chi connectivity index (χ1n) is 5.80. The Balaban J connectivity index is 2.22. The van der Waals surface area contributed by atoms with Crippen molar-refractivity contribution < 1.29 is 9.47 Å². The molecule has 1 heterocycles. The number of hydrogen-bond acceptors (Lipinski definition) is 7. The summed E-state index contributed by atoms with van der Waals surface area (Å²) in [6.07, 6.45) is 0. The van der Waals surface area contributed by atoms with Gasteiger partial charge in [0.25, 0.3) is 0 Å². The van der Waals surface area contributed by atoms with Crippen LogP contribution in [0.4, 0.5) is 0 Å². The summed E-state index contributed by atoms with van der Waals surface area (Å²) in [5, 5.41) is 5.90. The predicted molar refractivity (Wildman–Crippen MR) is 72.9 cm³/mol. The second kappa shape index (κ2) is 7.15. The van der Waals surface area contributed by atoms with Crippen molar-refractivity contribution in [1.29, 1.82) is 0 Å². The molecule has 2 rings (SSSR count). The van der Waals surface area contributed by atoms with Crippen molar-refractivity contribution in [3.8, 4) is 5.75 Å². The van der Waals surface area contributed by atoms with E-state index in [2.05, 4.69) is 15.0 Å². The van der Waals surface area contributed by atoms with Gasteiger partial charge >= 0.3 is 0 Å². The maximum atomic E-state index is 5.69. The number of hydrogen-bond donors (Lipinski definition) is 2. The lowest BCUT2D eigenvalue weighted by Gasteiger charge is -2.17. The summed E-state index contributed by atoms with van der Waals surface area (Å²) in [4.78, 5) is 0. The maximum absolute atomic E-state index is 5.69. The topological polar surface area (TPSA) is 82.3 Å². The zero-order valence-corrected chi connectivity index (χ0v) is 11.4. The molecule has 0 aliphatic rings. The predicted octanol–water partition coefficient (Wildman–Crippen LogP) is 1.12. The first-order chi connectivity index (χ1) is 9.36. The van der Waals surface area contributed by atoms with E-state index in [1.165, 1.54) is 11.5 Å². The van der Waals surface area contributed by atoms with Gasteiger partial charge in [-0.1, -0.05) is 22.7 Å². The molecule has 102 valence electrons. The quantitative estimate of drug-likeness (QED) is 0.449. The van der Waals surface area contributed by atoms with Gasteiger partial charge < -0.3 is 9.47 Å². The number of nitrogens with zero attached hydrogens (tertiary/aromatic N) is 2. The summed E-state index contributed by atoms with van der Waals surface area (Å²) in [6, 6.07) is 7.46. The molecule has 0 amide bonds. The van der Waals surface area contributed by atoms with Crippen molar-refractivity contribution in [1.82, 2.24) is 15.0 Å². The Hall–Kier alpha value is -1.54. The third-order valence-corrected chi connectivity index (χ3v) is 3.14. The van der Waals surface area contributed by atoms with E-state index in [1.54, 1.807) is 7.11 Å². The van der Waals surface area contributed by atoms with Gasteiger partial charge in [-0.15, -0.1) is 5.10 Å². The molecular formula is C12H16N4O2S. The van der Waals surface area contributed by atoms with Crippen LogP contribution in [0.15, 0.2) is 29.6 Å². The van der Waals surface area contributed by atoms with E-state index in [0.717, 1.165) is 17.0 Å². The molecule has 2 aromatic rings. The molecule has 0 aliphatic heterocycles. The average Bonchev–Trinajstić information content (AvgIpc) is 2.96. The molecule has 0 radical (unpaired) electrons. The Morgan fingerprint density at radius 2 is 2.21 bits per heavy atom. The average molecular weight is 280 g/mol. The number of para-hydroxylation sites is 1. The van der Waals surface area contributed by atoms with E-state index in [-0.39, 0.29) is 6.04 Å². The highest BCUT2D eigenvalue weighted by molar-refractivity contribution is 7.03. The monoisotopic (exact) mass is 280 g/mol. The summed E-state index contributed by atoms with van der Waals surface area (Å²) < 4.78 is 14.5. The van der Waals surface area contributed by atoms with Gasteiger partial charge in [-0.2, -0.15) is 0 Å². The molecule has 19 heavy (non-hydrogen) atoms. The van der Waals surface area contributed by atoms with Gasteiger partial charge in [0.2, 0.25) is 0 Å². The Morgan fingerprint density at radius 1 is 1.37 bits per heavy atom. The van der Waals surface area contributed by atoms with Gasteiger partial charge in [-0.25, -0.2) is 5.43 Å². The number of nitrogens with two attached hydrogens (primary N) is 1. The van der Waals surface area contributed by atoms with Crippen molar-refractivity contribution in [3.05, 3.63) is 40.9 Å². The number of rotatable bonds is 7. The van der Waals surface area contributed by atoms with Gasteiger partial charge in [0.1, 0.15) is 12.4 Å². The summed E-state index contributed by atoms with van der Waals surface area (Å²) in [5.41, 5.74) is 4.44. The second-order valence-corrected chi connectivity index (χ2v) is 4.42. The highest BCUT2D eigenvalue weighted by Crippen LogP contribution is 2.28. The Morgan fingerprint density at radius 3 is 2.89 bits per heavy atom. The Kier molecular flexibility index (Phi) is 5.22. The number of aromatic nitrogens is 2. The van der Waals surface area contributed by atoms with E-state index in [1.807, 2.05) is 29.6 Å². The normalized spacial score (nSPS) is 12.3. The molecule has 3 N–H and O–H groups in total. The van der Waals surface area contributed by atoms with Crippen molar-refractivity contribution in [3.63, 3.8) is 0 Å². The van der Waals surface area contributed by atoms with Gasteiger partial charge in [-0.3, -0.25) is 5.84 Å². The molecule has 0 fully saturated rings. The minimum absolute atomic E-state index is 0.238. The highest BCUT2D eigenvalue weighted by Gasteiger charge is 2.19. The van der Waals surface area contributed by atoms with Gasteiger partial charge in [0.05, 0.1) is 18.3 Å². The summed E-state index contributed by atoms with van der Waals surface area (Å²) in [6.45, 7) is 1.02. The molecule has 1 aromatic heterocycles. The lowest BCUT2D eigenvalue weighted by atomic mass is 10.0. The van der Waals surface area contributed by atoms with Crippen LogP contribution in [0.25, 0.3) is 0 Å². The van der Waals surface area contributed by atoms with Crippen LogP contribution in [0.5, 0.6) is 5.75 Å². The molecule has 0 spiro atoms. The molecule has 0 saturated carbocycles.